The van der Waals surface area contributed by atoms with Crippen LogP contribution >= 0.6 is 0 Å². The van der Waals surface area contributed by atoms with Crippen molar-refractivity contribution in [2.24, 2.45) is 0 Å². The van der Waals surface area contributed by atoms with E-state index in [1.54, 1.807) is 12.4 Å². The number of amides is 1. The molecular formula is C22H23N3O3. The Bertz CT molecular complexity index is 988. The molecule has 1 amide bonds. The molecule has 0 aliphatic carbocycles. The number of piperidine rings is 1. The molecule has 2 aromatic carbocycles. The Hall–Kier alpha value is -3.15. The van der Waals surface area contributed by atoms with Crippen molar-refractivity contribution in [1.29, 1.82) is 0 Å². The zero-order chi connectivity index (χ0) is 19.6. The van der Waals surface area contributed by atoms with Crippen molar-refractivity contribution in [3.63, 3.8) is 0 Å². The minimum Gasteiger partial charge on any atom is -0.465 e. The molecule has 0 bridgehead atoms. The minimum atomic E-state index is -0.693. The second kappa shape index (κ2) is 7.46. The molecule has 0 atom stereocenters. The first kappa shape index (κ1) is 18.2. The highest BCUT2D eigenvalue weighted by molar-refractivity contribution is 5.97. The summed E-state index contributed by atoms with van der Waals surface area (Å²) < 4.78 is 5.41. The van der Waals surface area contributed by atoms with Gasteiger partial charge in [-0.2, -0.15) is 0 Å². The number of fused-ring (bicyclic) bond motifs is 1. The van der Waals surface area contributed by atoms with Crippen molar-refractivity contribution < 1.29 is 14.3 Å². The van der Waals surface area contributed by atoms with Gasteiger partial charge in [0.05, 0.1) is 29.4 Å². The number of carbonyl (C=O) groups excluding carboxylic acids is 2. The SMILES string of the molecule is CCOC(=O)C1(c2ccccc2)CCN(C(=O)c2ccc3nc[nH]c3c2)CC1. The van der Waals surface area contributed by atoms with Crippen LogP contribution in [-0.4, -0.2) is 46.4 Å². The van der Waals surface area contributed by atoms with Crippen LogP contribution in [0.3, 0.4) is 0 Å². The average molecular weight is 377 g/mol. The summed E-state index contributed by atoms with van der Waals surface area (Å²) in [6.45, 7) is 3.18. The quantitative estimate of drug-likeness (QED) is 0.708. The number of esters is 1. The van der Waals surface area contributed by atoms with E-state index >= 15 is 0 Å². The molecule has 6 nitrogen and oxygen atoms in total. The molecular weight excluding hydrogens is 354 g/mol. The predicted molar refractivity (Wildman–Crippen MR) is 106 cm³/mol. The van der Waals surface area contributed by atoms with Crippen LogP contribution in [0.4, 0.5) is 0 Å². The lowest BCUT2D eigenvalue weighted by Gasteiger charge is -2.40. The largest absolute Gasteiger partial charge is 0.465 e. The van der Waals surface area contributed by atoms with Gasteiger partial charge in [0.15, 0.2) is 0 Å². The second-order valence-electron chi connectivity index (χ2n) is 7.10. The van der Waals surface area contributed by atoms with Gasteiger partial charge in [0.2, 0.25) is 0 Å². The number of rotatable bonds is 4. The highest BCUT2D eigenvalue weighted by atomic mass is 16.5. The molecule has 2 heterocycles. The van der Waals surface area contributed by atoms with Crippen molar-refractivity contribution >= 4 is 22.9 Å². The maximum Gasteiger partial charge on any atom is 0.316 e. The van der Waals surface area contributed by atoms with Crippen LogP contribution in [0, 0.1) is 0 Å². The van der Waals surface area contributed by atoms with E-state index in [-0.39, 0.29) is 11.9 Å². The normalized spacial score (nSPS) is 16.1. The van der Waals surface area contributed by atoms with E-state index in [1.807, 2.05) is 54.3 Å². The minimum absolute atomic E-state index is 0.0259. The lowest BCUT2D eigenvalue weighted by molar-refractivity contribution is -0.152. The summed E-state index contributed by atoms with van der Waals surface area (Å²) in [6, 6.07) is 15.2. The van der Waals surface area contributed by atoms with Gasteiger partial charge in [-0.1, -0.05) is 30.3 Å². The summed E-state index contributed by atoms with van der Waals surface area (Å²) in [6.07, 6.45) is 2.72. The molecule has 28 heavy (non-hydrogen) atoms. The molecule has 4 rings (SSSR count). The summed E-state index contributed by atoms with van der Waals surface area (Å²) in [7, 11) is 0. The number of aromatic amines is 1. The lowest BCUT2D eigenvalue weighted by Crippen LogP contribution is -2.49. The van der Waals surface area contributed by atoms with Gasteiger partial charge in [-0.25, -0.2) is 4.98 Å². The number of nitrogens with zero attached hydrogens (tertiary/aromatic N) is 2. The van der Waals surface area contributed by atoms with Crippen LogP contribution in [0.5, 0.6) is 0 Å². The van der Waals surface area contributed by atoms with Crippen molar-refractivity contribution in [3.8, 4) is 0 Å². The highest BCUT2D eigenvalue weighted by Crippen LogP contribution is 2.37. The lowest BCUT2D eigenvalue weighted by atomic mass is 9.72. The number of hydrogen-bond acceptors (Lipinski definition) is 4. The van der Waals surface area contributed by atoms with Gasteiger partial charge in [-0.05, 0) is 43.5 Å². The number of hydrogen-bond donors (Lipinski definition) is 1. The third kappa shape index (κ3) is 3.15. The molecule has 3 aromatic rings. The second-order valence-corrected chi connectivity index (χ2v) is 7.10. The van der Waals surface area contributed by atoms with E-state index < -0.39 is 5.41 Å². The molecule has 144 valence electrons. The number of imidazole rings is 1. The number of H-pyrrole nitrogens is 1. The maximum absolute atomic E-state index is 13.0. The third-order valence-electron chi connectivity index (χ3n) is 5.56. The number of benzene rings is 2. The van der Waals surface area contributed by atoms with E-state index in [1.165, 1.54) is 0 Å². The molecule has 6 heteroatoms. The van der Waals surface area contributed by atoms with Gasteiger partial charge in [-0.3, -0.25) is 9.59 Å². The number of ether oxygens (including phenoxy) is 1. The van der Waals surface area contributed by atoms with Crippen molar-refractivity contribution in [3.05, 3.63) is 66.0 Å². The fourth-order valence-electron chi connectivity index (χ4n) is 3.98. The summed E-state index contributed by atoms with van der Waals surface area (Å²) in [5, 5.41) is 0. The fourth-order valence-corrected chi connectivity index (χ4v) is 3.98. The molecule has 1 N–H and O–H groups in total. The Balaban J connectivity index is 1.55. The van der Waals surface area contributed by atoms with E-state index in [4.69, 9.17) is 4.74 Å². The first-order chi connectivity index (χ1) is 13.6. The molecule has 0 saturated carbocycles. The number of nitrogens with one attached hydrogen (secondary N) is 1. The zero-order valence-corrected chi connectivity index (χ0v) is 15.9. The number of likely N-dealkylation sites (tertiary alicyclic amines) is 1. The molecule has 1 aliphatic heterocycles. The predicted octanol–water partition coefficient (Wildman–Crippen LogP) is 3.30. The van der Waals surface area contributed by atoms with E-state index in [0.717, 1.165) is 16.6 Å². The Morgan fingerprint density at radius 3 is 2.61 bits per heavy atom. The smallest absolute Gasteiger partial charge is 0.316 e. The standard InChI is InChI=1S/C22H23N3O3/c1-2-28-21(27)22(17-6-4-3-5-7-17)10-12-25(13-11-22)20(26)16-8-9-18-19(14-16)24-15-23-18/h3-9,14-15H,2,10-13H2,1H3,(H,23,24). The van der Waals surface area contributed by atoms with Gasteiger partial charge in [0.1, 0.15) is 0 Å². The van der Waals surface area contributed by atoms with E-state index in [2.05, 4.69) is 9.97 Å². The van der Waals surface area contributed by atoms with Crippen LogP contribution in [0.1, 0.15) is 35.7 Å². The molecule has 1 fully saturated rings. The summed E-state index contributed by atoms with van der Waals surface area (Å²) in [5.41, 5.74) is 2.56. The topological polar surface area (TPSA) is 75.3 Å². The van der Waals surface area contributed by atoms with Crippen LogP contribution in [-0.2, 0) is 14.9 Å². The Kier molecular flexibility index (Phi) is 4.86. The summed E-state index contributed by atoms with van der Waals surface area (Å²) in [5.74, 6) is -0.228. The summed E-state index contributed by atoms with van der Waals surface area (Å²) >= 11 is 0. The van der Waals surface area contributed by atoms with Crippen LogP contribution in [0.2, 0.25) is 0 Å². The van der Waals surface area contributed by atoms with Gasteiger partial charge in [0.25, 0.3) is 5.91 Å². The van der Waals surface area contributed by atoms with Crippen molar-refractivity contribution in [2.45, 2.75) is 25.2 Å². The maximum atomic E-state index is 13.0. The Labute approximate surface area is 163 Å². The number of carbonyl (C=O) groups is 2. The average Bonchev–Trinajstić information content (AvgIpc) is 3.22. The van der Waals surface area contributed by atoms with Gasteiger partial charge < -0.3 is 14.6 Å². The number of aromatic nitrogens is 2. The van der Waals surface area contributed by atoms with Crippen LogP contribution < -0.4 is 0 Å². The molecule has 1 aliphatic rings. The summed E-state index contributed by atoms with van der Waals surface area (Å²) in [4.78, 5) is 34.9. The molecule has 1 aromatic heterocycles. The first-order valence-corrected chi connectivity index (χ1v) is 9.59. The zero-order valence-electron chi connectivity index (χ0n) is 15.9. The third-order valence-corrected chi connectivity index (χ3v) is 5.56. The highest BCUT2D eigenvalue weighted by Gasteiger charge is 2.45. The van der Waals surface area contributed by atoms with E-state index in [0.29, 0.717) is 38.1 Å². The molecule has 0 unspecified atom stereocenters. The molecule has 1 saturated heterocycles. The van der Waals surface area contributed by atoms with Crippen LogP contribution in [0.25, 0.3) is 11.0 Å². The van der Waals surface area contributed by atoms with Gasteiger partial charge in [-0.15, -0.1) is 0 Å². The fraction of sp³-hybridized carbons (Fsp3) is 0.318. The van der Waals surface area contributed by atoms with Crippen LogP contribution in [0.15, 0.2) is 54.9 Å². The Morgan fingerprint density at radius 1 is 1.14 bits per heavy atom. The molecule has 0 spiro atoms. The Morgan fingerprint density at radius 2 is 1.89 bits per heavy atom. The first-order valence-electron chi connectivity index (χ1n) is 9.59. The van der Waals surface area contributed by atoms with Gasteiger partial charge in [0, 0.05) is 18.7 Å². The van der Waals surface area contributed by atoms with E-state index in [9.17, 15) is 9.59 Å². The van der Waals surface area contributed by atoms with Crippen molar-refractivity contribution in [1.82, 2.24) is 14.9 Å². The van der Waals surface area contributed by atoms with Crippen molar-refractivity contribution in [2.75, 3.05) is 19.7 Å². The molecule has 0 radical (unpaired) electrons. The van der Waals surface area contributed by atoms with Gasteiger partial charge >= 0.3 is 5.97 Å². The monoisotopic (exact) mass is 377 g/mol.